The zero-order valence-electron chi connectivity index (χ0n) is 15.9. The first-order valence-electron chi connectivity index (χ1n) is 9.95. The standard InChI is InChI=1S/C21H28N4O2/c1-24-20(19(13-22-24)17-9-3-2-4-10-17)23-21(26)25(14-16-7-5-8-16)15-18-11-6-12-27-18/h2-4,9-10,13,16,18H,5-8,11-12,14-15H2,1H3,(H,23,26)/t18-/m1/s1. The number of nitrogens with zero attached hydrogens (tertiary/aromatic N) is 3. The molecule has 2 amide bonds. The van der Waals surface area contributed by atoms with Gasteiger partial charge in [-0.05, 0) is 37.2 Å². The van der Waals surface area contributed by atoms with Crippen LogP contribution in [0, 0.1) is 5.92 Å². The van der Waals surface area contributed by atoms with Gasteiger partial charge in [0.2, 0.25) is 0 Å². The molecule has 0 radical (unpaired) electrons. The summed E-state index contributed by atoms with van der Waals surface area (Å²) in [5.74, 6) is 1.36. The minimum Gasteiger partial charge on any atom is -0.376 e. The number of carbonyl (C=O) groups excluding carboxylic acids is 1. The maximum Gasteiger partial charge on any atom is 0.323 e. The third-order valence-corrected chi connectivity index (χ3v) is 5.69. The van der Waals surface area contributed by atoms with E-state index in [2.05, 4.69) is 10.4 Å². The smallest absolute Gasteiger partial charge is 0.323 e. The van der Waals surface area contributed by atoms with Crippen LogP contribution >= 0.6 is 0 Å². The highest BCUT2D eigenvalue weighted by Gasteiger charge is 2.28. The van der Waals surface area contributed by atoms with Gasteiger partial charge < -0.3 is 9.64 Å². The first kappa shape index (κ1) is 18.0. The zero-order chi connectivity index (χ0) is 18.6. The summed E-state index contributed by atoms with van der Waals surface area (Å²) < 4.78 is 7.51. The highest BCUT2D eigenvalue weighted by molar-refractivity contribution is 5.93. The van der Waals surface area contributed by atoms with E-state index in [0.29, 0.717) is 12.5 Å². The minimum atomic E-state index is -0.0572. The summed E-state index contributed by atoms with van der Waals surface area (Å²) in [5.41, 5.74) is 1.98. The van der Waals surface area contributed by atoms with E-state index in [9.17, 15) is 4.79 Å². The van der Waals surface area contributed by atoms with Crippen LogP contribution in [0.25, 0.3) is 11.1 Å². The van der Waals surface area contributed by atoms with Gasteiger partial charge in [0.1, 0.15) is 5.82 Å². The number of amides is 2. The fraction of sp³-hybridized carbons (Fsp3) is 0.524. The molecule has 2 heterocycles. The largest absolute Gasteiger partial charge is 0.376 e. The van der Waals surface area contributed by atoms with Crippen LogP contribution in [0.5, 0.6) is 0 Å². The van der Waals surface area contributed by atoms with E-state index in [0.717, 1.165) is 42.9 Å². The predicted molar refractivity (Wildman–Crippen MR) is 106 cm³/mol. The molecule has 27 heavy (non-hydrogen) atoms. The third-order valence-electron chi connectivity index (χ3n) is 5.69. The van der Waals surface area contributed by atoms with Crippen LogP contribution in [0.1, 0.15) is 32.1 Å². The third kappa shape index (κ3) is 4.16. The number of carbonyl (C=O) groups is 1. The number of urea groups is 1. The molecular weight excluding hydrogens is 340 g/mol. The van der Waals surface area contributed by atoms with Crippen LogP contribution in [-0.4, -0.2) is 46.5 Å². The Bertz CT molecular complexity index is 764. The lowest BCUT2D eigenvalue weighted by molar-refractivity contribution is 0.0748. The van der Waals surface area contributed by atoms with Crippen molar-refractivity contribution in [3.63, 3.8) is 0 Å². The van der Waals surface area contributed by atoms with Crippen molar-refractivity contribution in [2.24, 2.45) is 13.0 Å². The molecule has 2 aromatic rings. The van der Waals surface area contributed by atoms with E-state index < -0.39 is 0 Å². The number of rotatable bonds is 6. The molecule has 1 atom stereocenters. The van der Waals surface area contributed by atoms with Crippen molar-refractivity contribution < 1.29 is 9.53 Å². The Labute approximate surface area is 160 Å². The summed E-state index contributed by atoms with van der Waals surface area (Å²) in [6.07, 6.45) is 7.81. The number of hydrogen-bond donors (Lipinski definition) is 1. The molecule has 1 N–H and O–H groups in total. The summed E-state index contributed by atoms with van der Waals surface area (Å²) >= 11 is 0. The molecule has 0 unspecified atom stereocenters. The van der Waals surface area contributed by atoms with Gasteiger partial charge in [-0.2, -0.15) is 5.10 Å². The van der Waals surface area contributed by atoms with E-state index in [1.54, 1.807) is 10.9 Å². The molecular formula is C21H28N4O2. The van der Waals surface area contributed by atoms with Crippen LogP contribution < -0.4 is 5.32 Å². The van der Waals surface area contributed by atoms with Gasteiger partial charge in [0.05, 0.1) is 12.3 Å². The quantitative estimate of drug-likeness (QED) is 0.841. The molecule has 1 aliphatic carbocycles. The van der Waals surface area contributed by atoms with Crippen LogP contribution in [0.2, 0.25) is 0 Å². The Kier molecular flexibility index (Phi) is 5.43. The molecule has 2 aliphatic rings. The summed E-state index contributed by atoms with van der Waals surface area (Å²) in [6.45, 7) is 2.29. The lowest BCUT2D eigenvalue weighted by Gasteiger charge is -2.33. The van der Waals surface area contributed by atoms with Gasteiger partial charge >= 0.3 is 6.03 Å². The first-order chi connectivity index (χ1) is 13.2. The number of aromatic nitrogens is 2. The van der Waals surface area contributed by atoms with Crippen LogP contribution in [0.3, 0.4) is 0 Å². The maximum atomic E-state index is 13.1. The number of aryl methyl sites for hydroxylation is 1. The van der Waals surface area contributed by atoms with E-state index in [4.69, 9.17) is 4.74 Å². The van der Waals surface area contributed by atoms with Gasteiger partial charge in [0, 0.05) is 32.3 Å². The van der Waals surface area contributed by atoms with E-state index >= 15 is 0 Å². The van der Waals surface area contributed by atoms with E-state index in [1.165, 1.54) is 19.3 Å². The molecule has 2 fully saturated rings. The number of benzene rings is 1. The van der Waals surface area contributed by atoms with Gasteiger partial charge in [-0.1, -0.05) is 36.8 Å². The van der Waals surface area contributed by atoms with Crippen molar-refractivity contribution in [1.82, 2.24) is 14.7 Å². The summed E-state index contributed by atoms with van der Waals surface area (Å²) in [4.78, 5) is 15.1. The van der Waals surface area contributed by atoms with E-state index in [-0.39, 0.29) is 12.1 Å². The second-order valence-electron chi connectivity index (χ2n) is 7.66. The molecule has 6 heteroatoms. The van der Waals surface area contributed by atoms with Crippen molar-refractivity contribution >= 4 is 11.8 Å². The molecule has 4 rings (SSSR count). The Morgan fingerprint density at radius 2 is 2.04 bits per heavy atom. The first-order valence-corrected chi connectivity index (χ1v) is 9.95. The van der Waals surface area contributed by atoms with Gasteiger partial charge in [-0.25, -0.2) is 4.79 Å². The highest BCUT2D eigenvalue weighted by atomic mass is 16.5. The minimum absolute atomic E-state index is 0.0572. The lowest BCUT2D eigenvalue weighted by atomic mass is 9.85. The number of nitrogens with one attached hydrogen (secondary N) is 1. The molecule has 0 spiro atoms. The zero-order valence-corrected chi connectivity index (χ0v) is 15.9. The van der Waals surface area contributed by atoms with Gasteiger partial charge in [0.25, 0.3) is 0 Å². The molecule has 1 aromatic heterocycles. The number of anilines is 1. The van der Waals surface area contributed by atoms with Crippen molar-refractivity contribution in [3.05, 3.63) is 36.5 Å². The second-order valence-corrected chi connectivity index (χ2v) is 7.66. The molecule has 1 aromatic carbocycles. The van der Waals surface area contributed by atoms with Crippen molar-refractivity contribution in [1.29, 1.82) is 0 Å². The molecule has 6 nitrogen and oxygen atoms in total. The summed E-state index contributed by atoms with van der Waals surface area (Å²) in [6, 6.07) is 9.98. The summed E-state index contributed by atoms with van der Waals surface area (Å²) in [7, 11) is 1.86. The van der Waals surface area contributed by atoms with Crippen molar-refractivity contribution in [2.45, 2.75) is 38.2 Å². The van der Waals surface area contributed by atoms with Gasteiger partial charge in [0.15, 0.2) is 0 Å². The number of hydrogen-bond acceptors (Lipinski definition) is 3. The van der Waals surface area contributed by atoms with Crippen LogP contribution in [0.4, 0.5) is 10.6 Å². The Balaban J connectivity index is 1.50. The Morgan fingerprint density at radius 3 is 2.70 bits per heavy atom. The topological polar surface area (TPSA) is 59.4 Å². The van der Waals surface area contributed by atoms with Crippen LogP contribution in [0.15, 0.2) is 36.5 Å². The molecule has 144 valence electrons. The van der Waals surface area contributed by atoms with Crippen molar-refractivity contribution in [3.8, 4) is 11.1 Å². The maximum absolute atomic E-state index is 13.1. The Morgan fingerprint density at radius 1 is 1.22 bits per heavy atom. The SMILES string of the molecule is Cn1ncc(-c2ccccc2)c1NC(=O)N(CC1CCC1)C[C@H]1CCCO1. The average molecular weight is 368 g/mol. The Hall–Kier alpha value is -2.34. The highest BCUT2D eigenvalue weighted by Crippen LogP contribution is 2.30. The lowest BCUT2D eigenvalue weighted by Crippen LogP contribution is -2.44. The van der Waals surface area contributed by atoms with Crippen molar-refractivity contribution in [2.75, 3.05) is 25.0 Å². The fourth-order valence-corrected chi connectivity index (χ4v) is 3.86. The molecule has 1 aliphatic heterocycles. The molecule has 1 saturated heterocycles. The number of ether oxygens (including phenoxy) is 1. The summed E-state index contributed by atoms with van der Waals surface area (Å²) in [5, 5.41) is 7.47. The monoisotopic (exact) mass is 368 g/mol. The fourth-order valence-electron chi connectivity index (χ4n) is 3.86. The van der Waals surface area contributed by atoms with Crippen LogP contribution in [-0.2, 0) is 11.8 Å². The predicted octanol–water partition coefficient (Wildman–Crippen LogP) is 3.90. The normalized spacial score (nSPS) is 19.7. The molecule has 1 saturated carbocycles. The average Bonchev–Trinajstić information content (AvgIpc) is 3.28. The van der Waals surface area contributed by atoms with Gasteiger partial charge in [-0.15, -0.1) is 0 Å². The van der Waals surface area contributed by atoms with E-state index in [1.807, 2.05) is 42.3 Å². The van der Waals surface area contributed by atoms with Gasteiger partial charge in [-0.3, -0.25) is 10.00 Å². The second kappa shape index (κ2) is 8.13. The molecule has 0 bridgehead atoms.